The second kappa shape index (κ2) is 10.1. The molecule has 3 rings (SSSR count). The van der Waals surface area contributed by atoms with E-state index in [0.29, 0.717) is 29.6 Å². The minimum Gasteiger partial charge on any atom is -0.400 e. The van der Waals surface area contributed by atoms with Gasteiger partial charge in [-0.05, 0) is 23.8 Å². The monoisotopic (exact) mass is 406 g/mol. The maximum Gasteiger partial charge on any atom is 0.269 e. The Morgan fingerprint density at radius 3 is 2.68 bits per heavy atom. The van der Waals surface area contributed by atoms with Gasteiger partial charge in [0.1, 0.15) is 17.2 Å². The first kappa shape index (κ1) is 21.7. The molecular formula is C18H23ClN6O3. The molecule has 0 saturated carbocycles. The number of piperazine rings is 1. The highest BCUT2D eigenvalue weighted by atomic mass is 35.5. The molecule has 2 amide bonds. The van der Waals surface area contributed by atoms with Gasteiger partial charge < -0.3 is 20.6 Å². The Morgan fingerprint density at radius 1 is 1.25 bits per heavy atom. The number of aromatic nitrogens is 3. The van der Waals surface area contributed by atoms with Crippen LogP contribution in [-0.2, 0) is 4.79 Å². The molecule has 0 spiro atoms. The van der Waals surface area contributed by atoms with E-state index in [-0.39, 0.29) is 23.6 Å². The normalized spacial score (nSPS) is 16.0. The van der Waals surface area contributed by atoms with E-state index in [1.165, 1.54) is 13.4 Å². The largest absolute Gasteiger partial charge is 0.400 e. The number of carbonyl (C=O) groups is 2. The predicted molar refractivity (Wildman–Crippen MR) is 105 cm³/mol. The van der Waals surface area contributed by atoms with E-state index < -0.39 is 0 Å². The molecule has 1 atom stereocenters. The van der Waals surface area contributed by atoms with Crippen LogP contribution in [0.3, 0.4) is 0 Å². The Balaban J connectivity index is 0.00000136. The fraction of sp³-hybridized carbons (Fsp3) is 0.389. The van der Waals surface area contributed by atoms with Crippen molar-refractivity contribution >= 4 is 23.4 Å². The fourth-order valence-corrected chi connectivity index (χ4v) is 3.19. The number of pyridine rings is 1. The van der Waals surface area contributed by atoms with Crippen LogP contribution >= 0.6 is 11.6 Å². The minimum atomic E-state index is -0.310. The van der Waals surface area contributed by atoms with Gasteiger partial charge in [0.2, 0.25) is 5.91 Å². The Morgan fingerprint density at radius 2 is 2.00 bits per heavy atom. The van der Waals surface area contributed by atoms with Crippen molar-refractivity contribution in [3.05, 3.63) is 40.9 Å². The molecule has 10 heteroatoms. The standard InChI is InChI=1S/C17H19ClN6O2.CH4O/c1-10(25)24-4-3-20-8-15(24)11-5-13(23-16(18)6-11)12-7-14(17(26)19-2)22-9-21-12;1-2/h5-7,9,15,20H,3-4,8H2,1-2H3,(H,19,26);2H,1H3. The SMILES string of the molecule is CNC(=O)c1cc(-c2cc(C3CNCCN3C(C)=O)cc(Cl)n2)ncn1.CO. The molecule has 1 aliphatic heterocycles. The van der Waals surface area contributed by atoms with E-state index in [2.05, 4.69) is 25.6 Å². The van der Waals surface area contributed by atoms with Crippen LogP contribution in [0.15, 0.2) is 24.5 Å². The summed E-state index contributed by atoms with van der Waals surface area (Å²) in [5.74, 6) is -0.301. The number of rotatable bonds is 3. The number of hydrogen-bond acceptors (Lipinski definition) is 7. The number of nitrogens with one attached hydrogen (secondary N) is 2. The van der Waals surface area contributed by atoms with Crippen LogP contribution in [0, 0.1) is 0 Å². The van der Waals surface area contributed by atoms with Crippen molar-refractivity contribution in [2.75, 3.05) is 33.8 Å². The zero-order valence-corrected chi connectivity index (χ0v) is 16.7. The number of amides is 2. The lowest BCUT2D eigenvalue weighted by molar-refractivity contribution is -0.132. The second-order valence-electron chi connectivity index (χ2n) is 5.91. The third-order valence-electron chi connectivity index (χ3n) is 4.24. The molecule has 1 unspecified atom stereocenters. The van der Waals surface area contributed by atoms with Crippen LogP contribution in [0.25, 0.3) is 11.4 Å². The Labute approximate surface area is 168 Å². The first-order chi connectivity index (χ1) is 13.5. The van der Waals surface area contributed by atoms with Crippen molar-refractivity contribution in [2.24, 2.45) is 0 Å². The third kappa shape index (κ3) is 5.00. The lowest BCUT2D eigenvalue weighted by Crippen LogP contribution is -2.47. The van der Waals surface area contributed by atoms with Gasteiger partial charge in [0.25, 0.3) is 5.91 Å². The Hall–Kier alpha value is -2.62. The zero-order valence-electron chi connectivity index (χ0n) is 15.9. The molecule has 2 aromatic rings. The summed E-state index contributed by atoms with van der Waals surface area (Å²) in [4.78, 5) is 38.0. The molecule has 3 heterocycles. The van der Waals surface area contributed by atoms with E-state index in [1.807, 2.05) is 11.0 Å². The molecule has 3 N–H and O–H groups in total. The van der Waals surface area contributed by atoms with Crippen molar-refractivity contribution < 1.29 is 14.7 Å². The molecular weight excluding hydrogens is 384 g/mol. The lowest BCUT2D eigenvalue weighted by atomic mass is 10.0. The van der Waals surface area contributed by atoms with Gasteiger partial charge in [0.05, 0.1) is 17.4 Å². The molecule has 9 nitrogen and oxygen atoms in total. The molecule has 0 aromatic carbocycles. The molecule has 0 bridgehead atoms. The van der Waals surface area contributed by atoms with Crippen LogP contribution in [0.5, 0.6) is 0 Å². The van der Waals surface area contributed by atoms with Crippen molar-refractivity contribution in [3.8, 4) is 11.4 Å². The second-order valence-corrected chi connectivity index (χ2v) is 6.30. The van der Waals surface area contributed by atoms with E-state index >= 15 is 0 Å². The van der Waals surface area contributed by atoms with Gasteiger partial charge in [-0.15, -0.1) is 0 Å². The summed E-state index contributed by atoms with van der Waals surface area (Å²) in [6, 6.07) is 5.01. The predicted octanol–water partition coefficient (Wildman–Crippen LogP) is 0.653. The molecule has 0 aliphatic carbocycles. The van der Waals surface area contributed by atoms with E-state index in [9.17, 15) is 9.59 Å². The van der Waals surface area contributed by atoms with Crippen molar-refractivity contribution in [1.29, 1.82) is 0 Å². The summed E-state index contributed by atoms with van der Waals surface area (Å²) >= 11 is 6.22. The highest BCUT2D eigenvalue weighted by Crippen LogP contribution is 2.28. The summed E-state index contributed by atoms with van der Waals surface area (Å²) in [6.45, 7) is 3.57. The number of nitrogens with zero attached hydrogens (tertiary/aromatic N) is 4. The molecule has 0 radical (unpaired) electrons. The van der Waals surface area contributed by atoms with Gasteiger partial charge >= 0.3 is 0 Å². The highest BCUT2D eigenvalue weighted by Gasteiger charge is 2.26. The molecule has 28 heavy (non-hydrogen) atoms. The summed E-state index contributed by atoms with van der Waals surface area (Å²) in [5.41, 5.74) is 2.11. The van der Waals surface area contributed by atoms with Gasteiger partial charge in [-0.2, -0.15) is 0 Å². The summed E-state index contributed by atoms with van der Waals surface area (Å²) in [6.07, 6.45) is 1.31. The highest BCUT2D eigenvalue weighted by molar-refractivity contribution is 6.29. The van der Waals surface area contributed by atoms with Crippen LogP contribution in [-0.4, -0.2) is 70.6 Å². The number of aliphatic hydroxyl groups is 1. The molecule has 1 fully saturated rings. The summed E-state index contributed by atoms with van der Waals surface area (Å²) in [5, 5.41) is 13.1. The van der Waals surface area contributed by atoms with E-state index in [4.69, 9.17) is 16.7 Å². The molecule has 1 aliphatic rings. The smallest absolute Gasteiger partial charge is 0.269 e. The maximum atomic E-state index is 12.0. The van der Waals surface area contributed by atoms with Crippen LogP contribution < -0.4 is 10.6 Å². The van der Waals surface area contributed by atoms with Crippen LogP contribution in [0.2, 0.25) is 5.15 Å². The van der Waals surface area contributed by atoms with Gasteiger partial charge in [0, 0.05) is 40.7 Å². The van der Waals surface area contributed by atoms with Crippen molar-refractivity contribution in [2.45, 2.75) is 13.0 Å². The number of aliphatic hydroxyl groups excluding tert-OH is 1. The summed E-state index contributed by atoms with van der Waals surface area (Å²) in [7, 11) is 2.53. The molecule has 2 aromatic heterocycles. The molecule has 150 valence electrons. The van der Waals surface area contributed by atoms with Crippen LogP contribution in [0.1, 0.15) is 29.0 Å². The topological polar surface area (TPSA) is 120 Å². The Kier molecular flexibility index (Phi) is 7.80. The zero-order chi connectivity index (χ0) is 20.7. The molecule has 1 saturated heterocycles. The van der Waals surface area contributed by atoms with Gasteiger partial charge in [-0.3, -0.25) is 9.59 Å². The van der Waals surface area contributed by atoms with E-state index in [0.717, 1.165) is 19.2 Å². The minimum absolute atomic E-state index is 0.00919. The average molecular weight is 407 g/mol. The van der Waals surface area contributed by atoms with Crippen molar-refractivity contribution in [1.82, 2.24) is 30.5 Å². The van der Waals surface area contributed by atoms with Gasteiger partial charge in [-0.25, -0.2) is 15.0 Å². The van der Waals surface area contributed by atoms with E-state index in [1.54, 1.807) is 19.1 Å². The third-order valence-corrected chi connectivity index (χ3v) is 4.43. The number of hydrogen-bond donors (Lipinski definition) is 3. The number of halogens is 1. The van der Waals surface area contributed by atoms with Gasteiger partial charge in [0.15, 0.2) is 0 Å². The number of carbonyl (C=O) groups excluding carboxylic acids is 2. The Bertz CT molecular complexity index is 848. The van der Waals surface area contributed by atoms with Crippen LogP contribution in [0.4, 0.5) is 0 Å². The van der Waals surface area contributed by atoms with Gasteiger partial charge in [-0.1, -0.05) is 11.6 Å². The first-order valence-corrected chi connectivity index (χ1v) is 9.02. The summed E-state index contributed by atoms with van der Waals surface area (Å²) < 4.78 is 0. The maximum absolute atomic E-state index is 12.0. The van der Waals surface area contributed by atoms with Crippen molar-refractivity contribution in [3.63, 3.8) is 0 Å². The lowest BCUT2D eigenvalue weighted by Gasteiger charge is -2.36. The fourth-order valence-electron chi connectivity index (χ4n) is 2.97. The first-order valence-electron chi connectivity index (χ1n) is 8.64. The quantitative estimate of drug-likeness (QED) is 0.640. The average Bonchev–Trinajstić information content (AvgIpc) is 2.74.